The van der Waals surface area contributed by atoms with E-state index in [1.165, 1.54) is 49.5 Å². The Morgan fingerprint density at radius 2 is 0.603 bits per heavy atom. The lowest BCUT2D eigenvalue weighted by atomic mass is 10.1. The fraction of sp³-hybridized carbons (Fsp3) is 0.168. The predicted molar refractivity (Wildman–Crippen MR) is 539 cm³/mol. The highest BCUT2D eigenvalue weighted by atomic mass is 32.1. The molecule has 0 amide bonds. The second-order valence-electron chi connectivity index (χ2n) is 23.3. The number of hydrogen-bond acceptors (Lipinski definition) is 19. The normalized spacial score (nSPS) is 9.35. The lowest BCUT2D eigenvalue weighted by molar-refractivity contribution is 0.653. The van der Waals surface area contributed by atoms with Crippen molar-refractivity contribution in [2.45, 2.75) is 125 Å². The number of aromatic nitrogens is 15. The molecule has 22 aromatic rings. The van der Waals surface area contributed by atoms with Crippen LogP contribution < -0.4 is 0 Å². The van der Waals surface area contributed by atoms with E-state index in [1.807, 2.05) is 380 Å². The molecule has 0 saturated carbocycles. The highest BCUT2D eigenvalue weighted by Crippen LogP contribution is 2.33. The largest absolute Gasteiger partial charge is 0.453 e. The molecule has 19 heteroatoms. The molecule has 14 heterocycles. The molecular formula is C107H117N15O2S2. The first kappa shape index (κ1) is 102. The van der Waals surface area contributed by atoms with Crippen LogP contribution in [-0.4, -0.2) is 74.8 Å². The van der Waals surface area contributed by atoms with Gasteiger partial charge < -0.3 is 8.83 Å². The molecule has 126 heavy (non-hydrogen) atoms. The number of rotatable bonds is 3. The molecule has 0 aliphatic carbocycles. The highest BCUT2D eigenvalue weighted by Gasteiger charge is 2.09. The van der Waals surface area contributed by atoms with Crippen molar-refractivity contribution in [3.63, 3.8) is 0 Å². The fourth-order valence-electron chi connectivity index (χ4n) is 11.2. The topological polar surface area (TPSA) is 220 Å². The van der Waals surface area contributed by atoms with Gasteiger partial charge in [0.25, 0.3) is 0 Å². The number of nitrogens with zero attached hydrogens (tertiary/aromatic N) is 15. The van der Waals surface area contributed by atoms with Crippen molar-refractivity contribution in [2.24, 2.45) is 0 Å². The van der Waals surface area contributed by atoms with Crippen molar-refractivity contribution in [1.29, 1.82) is 0 Å². The van der Waals surface area contributed by atoms with Crippen LogP contribution in [0.2, 0.25) is 0 Å². The van der Waals surface area contributed by atoms with Crippen LogP contribution in [0.25, 0.3) is 140 Å². The van der Waals surface area contributed by atoms with E-state index in [4.69, 9.17) is 8.83 Å². The SMILES string of the molecule is CC.CC.CC.CC.CC.CC.CC.CC.CC.c1ccc(-c2ccccn2)cc1.c1ccc(-c2cccnc2)cc1.c1ccc(-c2ccncc2)cc1.c1ccc2c(c1)oc1cncnc12.c1ccc2c(c1)oc1ncncc12.c1ccc2c(c1)sc1ncncc12.c1ccc2c(c1)sc1ncncc12.c1ccc2ncncc2c1.c1cnc2cccnc2c1. The van der Waals surface area contributed by atoms with Crippen molar-refractivity contribution in [2.75, 3.05) is 0 Å². The molecule has 644 valence electrons. The van der Waals surface area contributed by atoms with Crippen LogP contribution in [0.4, 0.5) is 0 Å². The van der Waals surface area contributed by atoms with Crippen LogP contribution >= 0.6 is 22.7 Å². The Labute approximate surface area is 751 Å². The van der Waals surface area contributed by atoms with Crippen molar-refractivity contribution < 1.29 is 8.83 Å². The quantitative estimate of drug-likeness (QED) is 0.160. The van der Waals surface area contributed by atoms with Gasteiger partial charge in [-0.25, -0.2) is 49.8 Å². The summed E-state index contributed by atoms with van der Waals surface area (Å²) in [4.78, 5) is 63.2. The molecule has 0 aliphatic heterocycles. The van der Waals surface area contributed by atoms with Crippen LogP contribution in [0, 0.1) is 0 Å². The summed E-state index contributed by atoms with van der Waals surface area (Å²) in [5.41, 5.74) is 13.9. The van der Waals surface area contributed by atoms with E-state index in [0.29, 0.717) is 5.71 Å². The first-order valence-corrected chi connectivity index (χ1v) is 44.7. The third-order valence-electron chi connectivity index (χ3n) is 16.3. The van der Waals surface area contributed by atoms with E-state index in [0.717, 1.165) is 97.6 Å². The van der Waals surface area contributed by atoms with Gasteiger partial charge >= 0.3 is 0 Å². The summed E-state index contributed by atoms with van der Waals surface area (Å²) >= 11 is 3.42. The molecule has 0 atom stereocenters. The highest BCUT2D eigenvalue weighted by molar-refractivity contribution is 7.25. The van der Waals surface area contributed by atoms with Crippen molar-refractivity contribution in [3.8, 4) is 33.5 Å². The first-order chi connectivity index (χ1) is 62.6. The average Bonchev–Trinajstić information content (AvgIpc) is 1.67. The smallest absolute Gasteiger partial charge is 0.230 e. The number of para-hydroxylation sites is 3. The zero-order valence-electron chi connectivity index (χ0n) is 75.7. The zero-order chi connectivity index (χ0) is 91.0. The summed E-state index contributed by atoms with van der Waals surface area (Å²) in [6.45, 7) is 36.0. The summed E-state index contributed by atoms with van der Waals surface area (Å²) < 4.78 is 13.6. The molecule has 17 nitrogen and oxygen atoms in total. The maximum Gasteiger partial charge on any atom is 0.230 e. The Bertz CT molecular complexity index is 5370. The number of benzene rings is 8. The van der Waals surface area contributed by atoms with Crippen molar-refractivity contribution in [1.82, 2.24) is 74.8 Å². The summed E-state index contributed by atoms with van der Waals surface area (Å²) in [5, 5.41) is 8.98. The Morgan fingerprint density at radius 3 is 1.13 bits per heavy atom. The molecule has 22 rings (SSSR count). The number of hydrogen-bond donors (Lipinski definition) is 0. The van der Waals surface area contributed by atoms with Gasteiger partial charge in [-0.15, -0.1) is 22.7 Å². The van der Waals surface area contributed by atoms with Gasteiger partial charge in [0, 0.05) is 121 Å². The number of furan rings is 2. The molecule has 0 radical (unpaired) electrons. The standard InChI is InChI=1S/3C11H9N.2C10H6N2O.2C10H6N2S.2C8H6N2.9C2H6/c1-2-6-10(7-3-1)11-8-4-5-9-12-11;1-2-5-10(6-3-1)11-7-4-8-12-9-11;1-2-4-10(5-3-1)11-6-8-12-9-7-11;1-2-4-9-7(3-1)8-5-11-6-12-10(8)13-9;1-2-4-8-7(3-1)10-9(13-8)5-11-6-12-10;2*1-2-4-9-7(3-1)8-5-11-6-12-10(8)13-9;1-3-7-8(9-5-1)4-2-6-10-7;1-2-4-8-7(3-1)5-9-6-10-8;9*1-2/h3*1-9H;4*1-6H;2*1-6H;9*1-2H3. The van der Waals surface area contributed by atoms with Gasteiger partial charge in [-0.3, -0.25) is 24.9 Å². The van der Waals surface area contributed by atoms with Crippen LogP contribution in [0.5, 0.6) is 0 Å². The molecule has 0 aliphatic rings. The fourth-order valence-corrected chi connectivity index (χ4v) is 13.2. The summed E-state index contributed by atoms with van der Waals surface area (Å²) in [5.74, 6) is 0. The van der Waals surface area contributed by atoms with Gasteiger partial charge in [-0.2, -0.15) is 0 Å². The van der Waals surface area contributed by atoms with Crippen LogP contribution in [-0.2, 0) is 0 Å². The van der Waals surface area contributed by atoms with Crippen LogP contribution in [0.15, 0.2) is 394 Å². The van der Waals surface area contributed by atoms with E-state index in [-0.39, 0.29) is 0 Å². The Balaban J connectivity index is 0.000000246. The number of thiophene rings is 2. The minimum Gasteiger partial charge on any atom is -0.453 e. The Morgan fingerprint density at radius 1 is 0.206 bits per heavy atom. The van der Waals surface area contributed by atoms with E-state index in [2.05, 4.69) is 141 Å². The molecule has 0 unspecified atom stereocenters. The third-order valence-corrected chi connectivity index (χ3v) is 18.5. The molecule has 0 fully saturated rings. The minimum absolute atomic E-state index is 0.649. The summed E-state index contributed by atoms with van der Waals surface area (Å²) in [7, 11) is 0. The summed E-state index contributed by atoms with van der Waals surface area (Å²) in [6.07, 6.45) is 29.4. The van der Waals surface area contributed by atoms with Crippen LogP contribution in [0.1, 0.15) is 125 Å². The van der Waals surface area contributed by atoms with Gasteiger partial charge in [-0.1, -0.05) is 313 Å². The van der Waals surface area contributed by atoms with Crippen molar-refractivity contribution >= 4 is 129 Å². The maximum absolute atomic E-state index is 5.53. The molecule has 0 bridgehead atoms. The van der Waals surface area contributed by atoms with Crippen LogP contribution in [0.3, 0.4) is 0 Å². The minimum atomic E-state index is 0.649. The van der Waals surface area contributed by atoms with E-state index in [1.54, 1.807) is 72.6 Å². The zero-order valence-corrected chi connectivity index (χ0v) is 77.3. The molecular weight excluding hydrogens is 1590 g/mol. The van der Waals surface area contributed by atoms with Crippen molar-refractivity contribution in [3.05, 3.63) is 385 Å². The van der Waals surface area contributed by atoms with Gasteiger partial charge in [0.05, 0.1) is 33.8 Å². The number of fused-ring (bicyclic) bond motifs is 14. The van der Waals surface area contributed by atoms with Gasteiger partial charge in [0.2, 0.25) is 5.71 Å². The average molecular weight is 1710 g/mol. The molecule has 0 saturated heterocycles. The van der Waals surface area contributed by atoms with Gasteiger partial charge in [-0.05, 0) is 113 Å². The lowest BCUT2D eigenvalue weighted by Crippen LogP contribution is -1.79. The van der Waals surface area contributed by atoms with E-state index >= 15 is 0 Å². The van der Waals surface area contributed by atoms with E-state index in [9.17, 15) is 0 Å². The summed E-state index contributed by atoms with van der Waals surface area (Å²) in [6, 6.07) is 92.5. The maximum atomic E-state index is 5.53. The lowest BCUT2D eigenvalue weighted by Gasteiger charge is -1.98. The molecule has 8 aromatic carbocycles. The van der Waals surface area contributed by atoms with E-state index < -0.39 is 0 Å². The number of pyridine rings is 5. The van der Waals surface area contributed by atoms with Gasteiger partial charge in [0.1, 0.15) is 58.0 Å². The predicted octanol–water partition coefficient (Wildman–Crippen LogP) is 31.2. The van der Waals surface area contributed by atoms with Gasteiger partial charge in [0.15, 0.2) is 5.58 Å². The second-order valence-corrected chi connectivity index (χ2v) is 25.3. The Hall–Kier alpha value is -14.5. The monoisotopic (exact) mass is 1710 g/mol. The molecule has 0 N–H and O–H groups in total. The second kappa shape index (κ2) is 62.6. The molecule has 14 aromatic heterocycles. The molecule has 0 spiro atoms. The first-order valence-electron chi connectivity index (χ1n) is 43.1. The Kier molecular flexibility index (Phi) is 50.7. The third kappa shape index (κ3) is 31.7.